The van der Waals surface area contributed by atoms with Crippen molar-refractivity contribution >= 4 is 33.6 Å². The number of urea groups is 1. The molecule has 21 heavy (non-hydrogen) atoms. The van der Waals surface area contributed by atoms with Gasteiger partial charge in [-0.1, -0.05) is 22.0 Å². The summed E-state index contributed by atoms with van der Waals surface area (Å²) in [7, 11) is 0. The van der Waals surface area contributed by atoms with Crippen molar-refractivity contribution in [1.29, 1.82) is 0 Å². The summed E-state index contributed by atoms with van der Waals surface area (Å²) in [5.74, 6) is -0.172. The number of carbonyl (C=O) groups excluding carboxylic acids is 2. The van der Waals surface area contributed by atoms with Gasteiger partial charge in [0.05, 0.1) is 6.04 Å². The summed E-state index contributed by atoms with van der Waals surface area (Å²) in [5.41, 5.74) is 0.723. The van der Waals surface area contributed by atoms with Crippen LogP contribution in [0, 0.1) is 0 Å². The van der Waals surface area contributed by atoms with Crippen LogP contribution in [0.15, 0.2) is 28.7 Å². The van der Waals surface area contributed by atoms with Gasteiger partial charge in [0.15, 0.2) is 0 Å². The molecule has 1 atom stereocenters. The minimum Gasteiger partial charge on any atom is -0.325 e. The van der Waals surface area contributed by atoms with Gasteiger partial charge < -0.3 is 20.4 Å². The van der Waals surface area contributed by atoms with Gasteiger partial charge in [0.1, 0.15) is 6.54 Å². The van der Waals surface area contributed by atoms with E-state index in [1.807, 2.05) is 29.2 Å². The maximum Gasteiger partial charge on any atom is 0.320 e. The van der Waals surface area contributed by atoms with Gasteiger partial charge >= 0.3 is 6.03 Å². The van der Waals surface area contributed by atoms with E-state index in [-0.39, 0.29) is 24.5 Å². The van der Waals surface area contributed by atoms with Crippen molar-refractivity contribution in [2.45, 2.75) is 6.04 Å². The van der Waals surface area contributed by atoms with Crippen LogP contribution < -0.4 is 10.6 Å². The Bertz CT molecular complexity index is 566. The van der Waals surface area contributed by atoms with Gasteiger partial charge in [0, 0.05) is 36.3 Å². The number of carbonyl (C=O) groups is 2. The maximum atomic E-state index is 12.2. The zero-order valence-electron chi connectivity index (χ0n) is 11.5. The number of benzene rings is 1. The molecule has 6 nitrogen and oxygen atoms in total. The van der Waals surface area contributed by atoms with Crippen LogP contribution in [0.25, 0.3) is 0 Å². The molecule has 1 aromatic rings. The summed E-state index contributed by atoms with van der Waals surface area (Å²) in [6, 6.07) is 7.55. The predicted octanol–water partition coefficient (Wildman–Crippen LogP) is 1.10. The fraction of sp³-hybridized carbons (Fsp3) is 0.429. The van der Waals surface area contributed by atoms with Crippen LogP contribution in [0.5, 0.6) is 0 Å². The minimum atomic E-state index is -0.172. The number of amides is 3. The van der Waals surface area contributed by atoms with E-state index in [9.17, 15) is 9.59 Å². The number of nitrogens with one attached hydrogen (secondary N) is 2. The van der Waals surface area contributed by atoms with Crippen molar-refractivity contribution in [3.63, 3.8) is 0 Å². The number of hydrogen-bond acceptors (Lipinski definition) is 3. The fourth-order valence-corrected chi connectivity index (χ4v) is 3.16. The number of hydrogen-bond donors (Lipinski definition) is 2. The molecule has 2 N–H and O–H groups in total. The monoisotopic (exact) mass is 352 g/mol. The Labute approximate surface area is 131 Å². The van der Waals surface area contributed by atoms with Crippen molar-refractivity contribution in [2.24, 2.45) is 0 Å². The van der Waals surface area contributed by atoms with E-state index in [1.54, 1.807) is 4.90 Å². The lowest BCUT2D eigenvalue weighted by Gasteiger charge is -2.28. The highest BCUT2D eigenvalue weighted by atomic mass is 79.9. The van der Waals surface area contributed by atoms with Crippen molar-refractivity contribution in [3.05, 3.63) is 28.7 Å². The normalized spacial score (nSPS) is 21.4. The highest BCUT2D eigenvalue weighted by Gasteiger charge is 2.38. The molecular formula is C14H17BrN4O2. The molecule has 0 spiro atoms. The van der Waals surface area contributed by atoms with Crippen LogP contribution in [0.4, 0.5) is 10.5 Å². The summed E-state index contributed by atoms with van der Waals surface area (Å²) in [5, 5.41) is 6.08. The van der Waals surface area contributed by atoms with Crippen LogP contribution in [0.3, 0.4) is 0 Å². The van der Waals surface area contributed by atoms with Gasteiger partial charge in [-0.15, -0.1) is 0 Å². The molecule has 2 saturated heterocycles. The number of anilines is 1. The second-order valence-corrected chi connectivity index (χ2v) is 6.19. The Morgan fingerprint density at radius 1 is 1.48 bits per heavy atom. The Morgan fingerprint density at radius 3 is 3.10 bits per heavy atom. The van der Waals surface area contributed by atoms with E-state index >= 15 is 0 Å². The first-order valence-electron chi connectivity index (χ1n) is 6.95. The Kier molecular flexibility index (Phi) is 4.12. The Balaban J connectivity index is 1.59. The summed E-state index contributed by atoms with van der Waals surface area (Å²) in [6.07, 6.45) is 0. The number of rotatable bonds is 3. The van der Waals surface area contributed by atoms with Gasteiger partial charge in [-0.2, -0.15) is 0 Å². The van der Waals surface area contributed by atoms with Crippen molar-refractivity contribution in [1.82, 2.24) is 15.1 Å². The van der Waals surface area contributed by atoms with E-state index in [4.69, 9.17) is 0 Å². The van der Waals surface area contributed by atoms with Crippen LogP contribution in [0.2, 0.25) is 0 Å². The quantitative estimate of drug-likeness (QED) is 0.855. The molecule has 2 aliphatic heterocycles. The topological polar surface area (TPSA) is 64.7 Å². The highest BCUT2D eigenvalue weighted by Crippen LogP contribution is 2.18. The summed E-state index contributed by atoms with van der Waals surface area (Å²) in [4.78, 5) is 27.8. The van der Waals surface area contributed by atoms with Crippen molar-refractivity contribution in [2.75, 3.05) is 38.0 Å². The second-order valence-electron chi connectivity index (χ2n) is 5.27. The maximum absolute atomic E-state index is 12.2. The average Bonchev–Trinajstić information content (AvgIpc) is 2.76. The third kappa shape index (κ3) is 3.19. The molecule has 7 heteroatoms. The molecule has 0 saturated carbocycles. The summed E-state index contributed by atoms with van der Waals surface area (Å²) in [6.45, 7) is 3.04. The lowest BCUT2D eigenvalue weighted by Crippen LogP contribution is -2.49. The minimum absolute atomic E-state index is 0.0362. The zero-order valence-corrected chi connectivity index (χ0v) is 13.1. The molecule has 1 aromatic carbocycles. The van der Waals surface area contributed by atoms with Crippen LogP contribution in [-0.4, -0.2) is 60.5 Å². The smallest absolute Gasteiger partial charge is 0.320 e. The Morgan fingerprint density at radius 2 is 2.33 bits per heavy atom. The largest absolute Gasteiger partial charge is 0.325 e. The second kappa shape index (κ2) is 6.03. The molecular weight excluding hydrogens is 336 g/mol. The van der Waals surface area contributed by atoms with E-state index in [0.29, 0.717) is 13.1 Å². The van der Waals surface area contributed by atoms with Crippen molar-refractivity contribution in [3.8, 4) is 0 Å². The third-order valence-corrected chi connectivity index (χ3v) is 4.23. The zero-order chi connectivity index (χ0) is 14.8. The first-order valence-corrected chi connectivity index (χ1v) is 7.74. The highest BCUT2D eigenvalue weighted by molar-refractivity contribution is 9.10. The average molecular weight is 353 g/mol. The van der Waals surface area contributed by atoms with E-state index < -0.39 is 0 Å². The molecule has 0 aliphatic carbocycles. The number of nitrogens with zero attached hydrogens (tertiary/aromatic N) is 2. The number of piperazine rings is 1. The molecule has 0 radical (unpaired) electrons. The molecule has 3 rings (SSSR count). The number of fused-ring (bicyclic) bond motifs is 1. The van der Waals surface area contributed by atoms with Gasteiger partial charge in [-0.25, -0.2) is 4.79 Å². The first-order chi connectivity index (χ1) is 10.1. The van der Waals surface area contributed by atoms with E-state index in [1.165, 1.54) is 0 Å². The van der Waals surface area contributed by atoms with Crippen molar-refractivity contribution < 1.29 is 9.59 Å². The van der Waals surface area contributed by atoms with Crippen LogP contribution in [-0.2, 0) is 4.79 Å². The number of halogens is 1. The fourth-order valence-electron chi connectivity index (χ4n) is 2.76. The third-order valence-electron chi connectivity index (χ3n) is 3.74. The lowest BCUT2D eigenvalue weighted by molar-refractivity contribution is -0.116. The molecule has 2 heterocycles. The van der Waals surface area contributed by atoms with E-state index in [0.717, 1.165) is 23.2 Å². The molecule has 2 fully saturated rings. The van der Waals surface area contributed by atoms with Crippen LogP contribution in [0.1, 0.15) is 0 Å². The summed E-state index contributed by atoms with van der Waals surface area (Å²) >= 11 is 3.36. The SMILES string of the molecule is O=C(CN1CC2CNCCN2C1=O)Nc1cccc(Br)c1. The molecule has 0 bridgehead atoms. The molecule has 112 valence electrons. The molecule has 1 unspecified atom stereocenters. The molecule has 2 aliphatic rings. The Hall–Kier alpha value is -1.60. The molecule has 3 amide bonds. The van der Waals surface area contributed by atoms with E-state index in [2.05, 4.69) is 26.6 Å². The molecule has 0 aromatic heterocycles. The van der Waals surface area contributed by atoms with Gasteiger partial charge in [-0.3, -0.25) is 4.79 Å². The standard InChI is InChI=1S/C14H17BrN4O2/c15-10-2-1-3-11(6-10)17-13(20)9-18-8-12-7-16-4-5-19(12)14(18)21/h1-3,6,12,16H,4-5,7-9H2,(H,17,20). The first kappa shape index (κ1) is 14.3. The predicted molar refractivity (Wildman–Crippen MR) is 83.1 cm³/mol. The lowest BCUT2D eigenvalue weighted by atomic mass is 10.2. The van der Waals surface area contributed by atoms with Gasteiger partial charge in [0.2, 0.25) is 5.91 Å². The van der Waals surface area contributed by atoms with Crippen LogP contribution >= 0.6 is 15.9 Å². The summed E-state index contributed by atoms with van der Waals surface area (Å²) < 4.78 is 0.903. The van der Waals surface area contributed by atoms with Gasteiger partial charge in [-0.05, 0) is 18.2 Å². The van der Waals surface area contributed by atoms with Gasteiger partial charge in [0.25, 0.3) is 0 Å².